The lowest BCUT2D eigenvalue weighted by atomic mass is 10.4. The summed E-state index contributed by atoms with van der Waals surface area (Å²) in [5.41, 5.74) is 4.89. The summed E-state index contributed by atoms with van der Waals surface area (Å²) in [5.74, 6) is 0.766. The molecule has 4 heteroatoms. The van der Waals surface area contributed by atoms with Crippen molar-refractivity contribution in [2.24, 2.45) is 4.99 Å². The van der Waals surface area contributed by atoms with Crippen LogP contribution in [0.2, 0.25) is 0 Å². The molecule has 4 nitrogen and oxygen atoms in total. The lowest BCUT2D eigenvalue weighted by Gasteiger charge is -2.02. The number of hydrogen-bond donors (Lipinski definition) is 2. The summed E-state index contributed by atoms with van der Waals surface area (Å²) in [7, 11) is 1.66. The van der Waals surface area contributed by atoms with Crippen LogP contribution in [0.15, 0.2) is 4.99 Å². The second-order valence-electron chi connectivity index (χ2n) is 1.41. The Hall–Kier alpha value is -1.06. The van der Waals surface area contributed by atoms with E-state index in [9.17, 15) is 4.79 Å². The molecular weight excluding hydrogens is 142 g/mol. The zero-order valence-corrected chi connectivity index (χ0v) is 7.64. The minimum absolute atomic E-state index is 0.570. The van der Waals surface area contributed by atoms with Crippen molar-refractivity contribution in [3.8, 4) is 0 Å². The first-order valence-corrected chi connectivity index (χ1v) is 3.76. The maximum absolute atomic E-state index is 9.71. The second-order valence-corrected chi connectivity index (χ2v) is 1.41. The molecule has 0 aliphatic carbocycles. The molecule has 0 unspecified atom stereocenters. The molecule has 0 rings (SSSR count). The van der Waals surface area contributed by atoms with Crippen LogP contribution in [0.5, 0.6) is 0 Å². The zero-order valence-electron chi connectivity index (χ0n) is 7.64. The summed E-state index contributed by atoms with van der Waals surface area (Å²) in [6, 6.07) is 0. The average molecular weight is 159 g/mol. The summed E-state index contributed by atoms with van der Waals surface area (Å²) in [6.07, 6.45) is 1.36. The average Bonchev–Trinajstić information content (AvgIpc) is 2.10. The summed E-state index contributed by atoms with van der Waals surface area (Å²) < 4.78 is 0. The van der Waals surface area contributed by atoms with Gasteiger partial charge in [-0.3, -0.25) is 20.6 Å². The van der Waals surface area contributed by atoms with Gasteiger partial charge in [-0.1, -0.05) is 20.8 Å². The van der Waals surface area contributed by atoms with Crippen LogP contribution in [0, 0.1) is 0 Å². The SMILES string of the molecule is CC.CCC(=NC)NNC=O. The van der Waals surface area contributed by atoms with Gasteiger partial charge in [-0.25, -0.2) is 0 Å². The topological polar surface area (TPSA) is 53.5 Å². The van der Waals surface area contributed by atoms with Gasteiger partial charge in [0.25, 0.3) is 0 Å². The molecule has 1 amide bonds. The van der Waals surface area contributed by atoms with Crippen LogP contribution in [0.3, 0.4) is 0 Å². The number of hydrogen-bond acceptors (Lipinski definition) is 2. The van der Waals surface area contributed by atoms with E-state index in [0.717, 1.165) is 12.3 Å². The Morgan fingerprint density at radius 2 is 2.09 bits per heavy atom. The van der Waals surface area contributed by atoms with E-state index in [1.807, 2.05) is 20.8 Å². The highest BCUT2D eigenvalue weighted by Crippen LogP contribution is 1.75. The highest BCUT2D eigenvalue weighted by molar-refractivity contribution is 5.82. The van der Waals surface area contributed by atoms with Gasteiger partial charge in [0, 0.05) is 13.5 Å². The van der Waals surface area contributed by atoms with Gasteiger partial charge in [-0.2, -0.15) is 0 Å². The maximum atomic E-state index is 9.71. The molecule has 0 aromatic carbocycles. The van der Waals surface area contributed by atoms with Crippen LogP contribution in [0.4, 0.5) is 0 Å². The van der Waals surface area contributed by atoms with E-state index in [2.05, 4.69) is 15.8 Å². The lowest BCUT2D eigenvalue weighted by molar-refractivity contribution is -0.110. The molecule has 2 N–H and O–H groups in total. The quantitative estimate of drug-likeness (QED) is 0.276. The van der Waals surface area contributed by atoms with Gasteiger partial charge in [0.05, 0.1) is 0 Å². The zero-order chi connectivity index (χ0) is 9.11. The van der Waals surface area contributed by atoms with E-state index in [0.29, 0.717) is 6.41 Å². The molecule has 0 fully saturated rings. The van der Waals surface area contributed by atoms with Crippen molar-refractivity contribution in [2.45, 2.75) is 27.2 Å². The molecule has 0 aliphatic heterocycles. The predicted octanol–water partition coefficient (Wildman–Crippen LogP) is 0.701. The molecule has 11 heavy (non-hydrogen) atoms. The highest BCUT2D eigenvalue weighted by Gasteiger charge is 1.87. The number of nitrogens with zero attached hydrogens (tertiary/aromatic N) is 1. The van der Waals surface area contributed by atoms with Crippen LogP contribution in [-0.4, -0.2) is 19.3 Å². The van der Waals surface area contributed by atoms with Crippen molar-refractivity contribution in [3.05, 3.63) is 0 Å². The number of amidine groups is 1. The smallest absolute Gasteiger partial charge is 0.225 e. The molecule has 0 aromatic rings. The Balaban J connectivity index is 0. The molecule has 0 bridgehead atoms. The molecule has 0 aliphatic rings. The Morgan fingerprint density at radius 3 is 2.36 bits per heavy atom. The number of rotatable bonds is 3. The number of carbonyl (C=O) groups is 1. The molecule has 66 valence electrons. The fourth-order valence-electron chi connectivity index (χ4n) is 0.415. The van der Waals surface area contributed by atoms with Gasteiger partial charge in [-0.05, 0) is 0 Å². The van der Waals surface area contributed by atoms with Gasteiger partial charge >= 0.3 is 0 Å². The molecule has 0 saturated heterocycles. The lowest BCUT2D eigenvalue weighted by Crippen LogP contribution is -2.35. The van der Waals surface area contributed by atoms with Gasteiger partial charge < -0.3 is 0 Å². The van der Waals surface area contributed by atoms with E-state index < -0.39 is 0 Å². The van der Waals surface area contributed by atoms with E-state index in [1.165, 1.54) is 0 Å². The van der Waals surface area contributed by atoms with Crippen LogP contribution in [-0.2, 0) is 4.79 Å². The number of carbonyl (C=O) groups excluding carboxylic acids is 1. The van der Waals surface area contributed by atoms with Crippen molar-refractivity contribution in [1.82, 2.24) is 10.9 Å². The highest BCUT2D eigenvalue weighted by atomic mass is 16.1. The predicted molar refractivity (Wildman–Crippen MR) is 47.3 cm³/mol. The molecule has 0 heterocycles. The Morgan fingerprint density at radius 1 is 1.55 bits per heavy atom. The molecule has 0 saturated carbocycles. The third-order valence-corrected chi connectivity index (χ3v) is 0.880. The van der Waals surface area contributed by atoms with Crippen molar-refractivity contribution in [2.75, 3.05) is 7.05 Å². The van der Waals surface area contributed by atoms with Crippen molar-refractivity contribution in [3.63, 3.8) is 0 Å². The number of nitrogens with one attached hydrogen (secondary N) is 2. The fraction of sp³-hybridized carbons (Fsp3) is 0.714. The third-order valence-electron chi connectivity index (χ3n) is 0.880. The van der Waals surface area contributed by atoms with Gasteiger partial charge in [0.2, 0.25) is 6.41 Å². The van der Waals surface area contributed by atoms with E-state index >= 15 is 0 Å². The first kappa shape index (κ1) is 12.6. The minimum atomic E-state index is 0.570. The first-order chi connectivity index (χ1) is 5.35. The Bertz CT molecular complexity index is 112. The van der Waals surface area contributed by atoms with E-state index in [-0.39, 0.29) is 0 Å². The van der Waals surface area contributed by atoms with Crippen LogP contribution < -0.4 is 10.9 Å². The summed E-state index contributed by atoms with van der Waals surface area (Å²) in [4.78, 5) is 13.5. The van der Waals surface area contributed by atoms with Crippen LogP contribution in [0.25, 0.3) is 0 Å². The third kappa shape index (κ3) is 8.94. The Kier molecular flexibility index (Phi) is 13.4. The maximum Gasteiger partial charge on any atom is 0.225 e. The normalized spacial score (nSPS) is 9.27. The molecular formula is C7H17N3O. The summed E-state index contributed by atoms with van der Waals surface area (Å²) in [5, 5.41) is 0. The fourth-order valence-corrected chi connectivity index (χ4v) is 0.415. The summed E-state index contributed by atoms with van der Waals surface area (Å²) >= 11 is 0. The van der Waals surface area contributed by atoms with Crippen molar-refractivity contribution in [1.29, 1.82) is 0 Å². The minimum Gasteiger partial charge on any atom is -0.286 e. The Labute approximate surface area is 68.1 Å². The molecule has 0 atom stereocenters. The van der Waals surface area contributed by atoms with E-state index in [1.54, 1.807) is 7.05 Å². The number of amides is 1. The van der Waals surface area contributed by atoms with Gasteiger partial charge in [-0.15, -0.1) is 0 Å². The summed E-state index contributed by atoms with van der Waals surface area (Å²) in [6.45, 7) is 5.95. The monoisotopic (exact) mass is 159 g/mol. The molecule has 0 spiro atoms. The molecule has 0 radical (unpaired) electrons. The van der Waals surface area contributed by atoms with Gasteiger partial charge in [0.15, 0.2) is 0 Å². The van der Waals surface area contributed by atoms with Gasteiger partial charge in [0.1, 0.15) is 5.84 Å². The number of aliphatic imine (C=N–C) groups is 1. The second kappa shape index (κ2) is 11.7. The van der Waals surface area contributed by atoms with Crippen molar-refractivity contribution >= 4 is 12.2 Å². The van der Waals surface area contributed by atoms with E-state index in [4.69, 9.17) is 0 Å². The van der Waals surface area contributed by atoms with Crippen LogP contribution in [0.1, 0.15) is 27.2 Å². The van der Waals surface area contributed by atoms with Crippen molar-refractivity contribution < 1.29 is 4.79 Å². The number of hydrazine groups is 1. The molecule has 0 aromatic heterocycles. The standard InChI is InChI=1S/C5H11N3O.C2H6/c1-3-5(6-2)8-7-4-9;1-2/h4H,3H2,1-2H3,(H,6,8)(H,7,9);1-2H3. The van der Waals surface area contributed by atoms with Crippen LogP contribution >= 0.6 is 0 Å². The first-order valence-electron chi connectivity index (χ1n) is 3.76. The largest absolute Gasteiger partial charge is 0.286 e.